The summed E-state index contributed by atoms with van der Waals surface area (Å²) in [5.74, 6) is 0. The Hall–Kier alpha value is -2.39. The molecule has 0 fully saturated rings. The lowest BCUT2D eigenvalue weighted by molar-refractivity contribution is 0.112. The zero-order valence-corrected chi connectivity index (χ0v) is 14.1. The summed E-state index contributed by atoms with van der Waals surface area (Å²) in [5, 5.41) is 0. The maximum absolute atomic E-state index is 10.9. The predicted octanol–water partition coefficient (Wildman–Crippen LogP) is 5.60. The van der Waals surface area contributed by atoms with Crippen molar-refractivity contribution in [3.63, 3.8) is 0 Å². The Morgan fingerprint density at radius 3 is 2.00 bits per heavy atom. The Kier molecular flexibility index (Phi) is 4.89. The number of halogens is 1. The summed E-state index contributed by atoms with van der Waals surface area (Å²) in [7, 11) is 0. The number of carbonyl (C=O) groups excluding carboxylic acids is 1. The topological polar surface area (TPSA) is 20.3 Å². The summed E-state index contributed by atoms with van der Waals surface area (Å²) in [4.78, 5) is 13.1. The lowest BCUT2D eigenvalue weighted by atomic mass is 10.1. The fraction of sp³-hybridized carbons (Fsp3) is 0.0500. The minimum Gasteiger partial charge on any atom is -0.337 e. The van der Waals surface area contributed by atoms with Gasteiger partial charge in [-0.1, -0.05) is 46.3 Å². The Labute approximate surface area is 144 Å². The number of anilines is 2. The molecule has 3 aromatic carbocycles. The number of nitrogens with zero attached hydrogens (tertiary/aromatic N) is 1. The second kappa shape index (κ2) is 7.25. The van der Waals surface area contributed by atoms with Crippen molar-refractivity contribution in [3.8, 4) is 0 Å². The third-order valence-corrected chi connectivity index (χ3v) is 4.19. The molecule has 0 amide bonds. The molecule has 114 valence electrons. The first-order valence-corrected chi connectivity index (χ1v) is 8.18. The van der Waals surface area contributed by atoms with Crippen molar-refractivity contribution in [1.29, 1.82) is 0 Å². The number of para-hydroxylation sites is 1. The maximum atomic E-state index is 10.9. The maximum Gasteiger partial charge on any atom is 0.150 e. The molecule has 0 heterocycles. The molecule has 0 N–H and O–H groups in total. The lowest BCUT2D eigenvalue weighted by Gasteiger charge is -2.25. The molecule has 0 saturated carbocycles. The zero-order valence-electron chi connectivity index (χ0n) is 12.5. The van der Waals surface area contributed by atoms with Gasteiger partial charge in [0.1, 0.15) is 6.29 Å². The molecule has 0 spiro atoms. The molecule has 0 aromatic heterocycles. The summed E-state index contributed by atoms with van der Waals surface area (Å²) >= 11 is 3.47. The monoisotopic (exact) mass is 365 g/mol. The van der Waals surface area contributed by atoms with Crippen molar-refractivity contribution >= 4 is 33.6 Å². The Morgan fingerprint density at radius 1 is 0.783 bits per heavy atom. The summed E-state index contributed by atoms with van der Waals surface area (Å²) < 4.78 is 1.07. The molecule has 3 heteroatoms. The van der Waals surface area contributed by atoms with Crippen molar-refractivity contribution in [2.45, 2.75) is 6.54 Å². The van der Waals surface area contributed by atoms with Gasteiger partial charge < -0.3 is 4.90 Å². The summed E-state index contributed by atoms with van der Waals surface area (Å²) in [6.45, 7) is 0.762. The van der Waals surface area contributed by atoms with Crippen LogP contribution in [0.5, 0.6) is 0 Å². The highest BCUT2D eigenvalue weighted by atomic mass is 79.9. The largest absolute Gasteiger partial charge is 0.337 e. The molecule has 0 bridgehead atoms. The normalized spacial score (nSPS) is 10.3. The van der Waals surface area contributed by atoms with Crippen molar-refractivity contribution < 1.29 is 4.79 Å². The fourth-order valence-corrected chi connectivity index (χ4v) is 2.71. The van der Waals surface area contributed by atoms with Crippen LogP contribution in [-0.2, 0) is 6.54 Å². The quantitative estimate of drug-likeness (QED) is 0.548. The van der Waals surface area contributed by atoms with Crippen LogP contribution in [0.25, 0.3) is 0 Å². The zero-order chi connectivity index (χ0) is 16.1. The molecule has 0 atom stereocenters. The van der Waals surface area contributed by atoms with Gasteiger partial charge in [0, 0.05) is 28.0 Å². The van der Waals surface area contributed by atoms with E-state index in [1.54, 1.807) is 0 Å². The van der Waals surface area contributed by atoms with Crippen LogP contribution >= 0.6 is 15.9 Å². The van der Waals surface area contributed by atoms with Crippen LogP contribution in [0.3, 0.4) is 0 Å². The summed E-state index contributed by atoms with van der Waals surface area (Å²) in [6, 6.07) is 26.2. The first-order chi connectivity index (χ1) is 11.3. The minimum absolute atomic E-state index is 0.686. The van der Waals surface area contributed by atoms with Crippen LogP contribution in [-0.4, -0.2) is 6.29 Å². The van der Waals surface area contributed by atoms with Gasteiger partial charge in [-0.15, -0.1) is 0 Å². The average Bonchev–Trinajstić information content (AvgIpc) is 2.62. The van der Waals surface area contributed by atoms with E-state index >= 15 is 0 Å². The van der Waals surface area contributed by atoms with Crippen molar-refractivity contribution in [1.82, 2.24) is 0 Å². The first-order valence-electron chi connectivity index (χ1n) is 7.38. The Bertz CT molecular complexity index is 767. The van der Waals surface area contributed by atoms with Gasteiger partial charge in [-0.3, -0.25) is 4.79 Å². The SMILES string of the molecule is O=Cc1ccc(N(Cc2ccc(Br)cc2)c2ccccc2)cc1. The van der Waals surface area contributed by atoms with E-state index in [4.69, 9.17) is 0 Å². The van der Waals surface area contributed by atoms with E-state index in [0.717, 1.165) is 28.7 Å². The van der Waals surface area contributed by atoms with Crippen LogP contribution < -0.4 is 4.90 Å². The van der Waals surface area contributed by atoms with Gasteiger partial charge in [0.05, 0.1) is 0 Å². The van der Waals surface area contributed by atoms with Gasteiger partial charge in [-0.2, -0.15) is 0 Å². The molecular formula is C20H16BrNO. The number of hydrogen-bond acceptors (Lipinski definition) is 2. The van der Waals surface area contributed by atoms with Gasteiger partial charge >= 0.3 is 0 Å². The molecule has 0 saturated heterocycles. The second-order valence-corrected chi connectivity index (χ2v) is 6.17. The van der Waals surface area contributed by atoms with E-state index in [-0.39, 0.29) is 0 Å². The van der Waals surface area contributed by atoms with Crippen LogP contribution in [0.15, 0.2) is 83.3 Å². The van der Waals surface area contributed by atoms with Gasteiger partial charge in [0.15, 0.2) is 0 Å². The number of carbonyl (C=O) groups is 1. The molecule has 0 unspecified atom stereocenters. The highest BCUT2D eigenvalue weighted by Crippen LogP contribution is 2.27. The fourth-order valence-electron chi connectivity index (χ4n) is 2.44. The number of hydrogen-bond donors (Lipinski definition) is 0. The second-order valence-electron chi connectivity index (χ2n) is 5.26. The molecule has 3 aromatic rings. The highest BCUT2D eigenvalue weighted by Gasteiger charge is 2.10. The Balaban J connectivity index is 1.95. The highest BCUT2D eigenvalue weighted by molar-refractivity contribution is 9.10. The van der Waals surface area contributed by atoms with Gasteiger partial charge in [-0.25, -0.2) is 0 Å². The van der Waals surface area contributed by atoms with E-state index in [9.17, 15) is 4.79 Å². The van der Waals surface area contributed by atoms with E-state index in [1.807, 2.05) is 54.6 Å². The van der Waals surface area contributed by atoms with Crippen molar-refractivity contribution in [2.75, 3.05) is 4.90 Å². The molecule has 3 rings (SSSR count). The van der Waals surface area contributed by atoms with Crippen molar-refractivity contribution in [2.24, 2.45) is 0 Å². The third-order valence-electron chi connectivity index (χ3n) is 3.66. The molecule has 0 aliphatic heterocycles. The van der Waals surface area contributed by atoms with Gasteiger partial charge in [0.25, 0.3) is 0 Å². The minimum atomic E-state index is 0.686. The third kappa shape index (κ3) is 3.88. The first kappa shape index (κ1) is 15.5. The van der Waals surface area contributed by atoms with Crippen LogP contribution in [0, 0.1) is 0 Å². The standard InChI is InChI=1S/C20H16BrNO/c21-18-10-6-16(7-11-18)14-22(19-4-2-1-3-5-19)20-12-8-17(15-23)9-13-20/h1-13,15H,14H2. The lowest BCUT2D eigenvalue weighted by Crippen LogP contribution is -2.16. The molecular weight excluding hydrogens is 350 g/mol. The molecule has 2 nitrogen and oxygen atoms in total. The van der Waals surface area contributed by atoms with Gasteiger partial charge in [-0.05, 0) is 54.1 Å². The Morgan fingerprint density at radius 2 is 1.39 bits per heavy atom. The van der Waals surface area contributed by atoms with Gasteiger partial charge in [0.2, 0.25) is 0 Å². The van der Waals surface area contributed by atoms with E-state index in [0.29, 0.717) is 5.56 Å². The smallest absolute Gasteiger partial charge is 0.150 e. The number of rotatable bonds is 5. The summed E-state index contributed by atoms with van der Waals surface area (Å²) in [5.41, 5.74) is 4.08. The molecule has 0 aliphatic carbocycles. The summed E-state index contributed by atoms with van der Waals surface area (Å²) in [6.07, 6.45) is 0.866. The van der Waals surface area contributed by atoms with E-state index in [1.165, 1.54) is 5.56 Å². The van der Waals surface area contributed by atoms with E-state index in [2.05, 4.69) is 45.1 Å². The van der Waals surface area contributed by atoms with Crippen molar-refractivity contribution in [3.05, 3.63) is 94.5 Å². The van der Waals surface area contributed by atoms with Crippen LogP contribution in [0.2, 0.25) is 0 Å². The molecule has 0 aliphatic rings. The number of aldehydes is 1. The average molecular weight is 366 g/mol. The molecule has 0 radical (unpaired) electrons. The van der Waals surface area contributed by atoms with Crippen LogP contribution in [0.4, 0.5) is 11.4 Å². The number of benzene rings is 3. The molecule has 23 heavy (non-hydrogen) atoms. The predicted molar refractivity (Wildman–Crippen MR) is 98.3 cm³/mol. The van der Waals surface area contributed by atoms with Crippen LogP contribution in [0.1, 0.15) is 15.9 Å². The van der Waals surface area contributed by atoms with E-state index < -0.39 is 0 Å².